The highest BCUT2D eigenvalue weighted by Gasteiger charge is 2.21. The third-order valence-electron chi connectivity index (χ3n) is 3.92. The van der Waals surface area contributed by atoms with E-state index in [1.165, 1.54) is 16.8 Å². The van der Waals surface area contributed by atoms with Crippen LogP contribution in [-0.4, -0.2) is 46.9 Å². The maximum Gasteiger partial charge on any atom is 0.349 e. The summed E-state index contributed by atoms with van der Waals surface area (Å²) in [5.74, 6) is -0.329. The largest absolute Gasteiger partial charge is 0.366 e. The second kappa shape index (κ2) is 9.82. The Bertz CT molecular complexity index is 670. The molecule has 1 aromatic heterocycles. The minimum atomic E-state index is -2.44. The van der Waals surface area contributed by atoms with E-state index in [2.05, 4.69) is 10.3 Å². The molecule has 0 fully saturated rings. The first kappa shape index (κ1) is 21.5. The van der Waals surface area contributed by atoms with Crippen LogP contribution in [0.4, 0.5) is 10.2 Å². The molecular formula is C16H27FN3O4P. The van der Waals surface area contributed by atoms with Crippen LogP contribution in [-0.2, 0) is 20.6 Å². The molecule has 0 aromatic carbocycles. The minimum absolute atomic E-state index is 0.000699. The second-order valence-electron chi connectivity index (χ2n) is 6.15. The number of nitrogens with one attached hydrogen (secondary N) is 1. The first-order chi connectivity index (χ1) is 11.7. The fourth-order valence-corrected chi connectivity index (χ4v) is 3.22. The molecule has 0 aliphatic rings. The van der Waals surface area contributed by atoms with E-state index in [-0.39, 0.29) is 30.5 Å². The van der Waals surface area contributed by atoms with Crippen molar-refractivity contribution in [2.24, 2.45) is 5.92 Å². The van der Waals surface area contributed by atoms with Crippen molar-refractivity contribution in [3.05, 3.63) is 22.7 Å². The van der Waals surface area contributed by atoms with Gasteiger partial charge in [-0.3, -0.25) is 9.36 Å². The van der Waals surface area contributed by atoms with E-state index >= 15 is 0 Å². The van der Waals surface area contributed by atoms with Crippen LogP contribution in [0.3, 0.4) is 0 Å². The fourth-order valence-electron chi connectivity index (χ4n) is 1.92. The lowest BCUT2D eigenvalue weighted by Gasteiger charge is -2.20. The number of carbonyl (C=O) groups excluding carboxylic acids is 1. The zero-order chi connectivity index (χ0) is 19.0. The molecule has 1 atom stereocenters. The summed E-state index contributed by atoms with van der Waals surface area (Å²) >= 11 is 0. The number of amides is 1. The molecule has 0 aliphatic heterocycles. The van der Waals surface area contributed by atoms with Crippen molar-refractivity contribution < 1.29 is 18.5 Å². The highest BCUT2D eigenvalue weighted by Crippen LogP contribution is 2.44. The van der Waals surface area contributed by atoms with Gasteiger partial charge in [0.25, 0.3) is 0 Å². The molecule has 0 radical (unpaired) electrons. The molecule has 1 aromatic rings. The Labute approximate surface area is 147 Å². The van der Waals surface area contributed by atoms with E-state index in [0.717, 1.165) is 0 Å². The summed E-state index contributed by atoms with van der Waals surface area (Å²) in [5, 5.41) is 2.53. The van der Waals surface area contributed by atoms with E-state index in [1.54, 1.807) is 13.8 Å². The van der Waals surface area contributed by atoms with Crippen LogP contribution in [0.15, 0.2) is 17.1 Å². The zero-order valence-corrected chi connectivity index (χ0v) is 16.1. The van der Waals surface area contributed by atoms with E-state index in [0.29, 0.717) is 12.3 Å². The van der Waals surface area contributed by atoms with Gasteiger partial charge in [-0.25, -0.2) is 9.18 Å². The molecule has 0 bridgehead atoms. The summed E-state index contributed by atoms with van der Waals surface area (Å²) in [6, 6.07) is 1.47. The average Bonchev–Trinajstić information content (AvgIpc) is 2.59. The summed E-state index contributed by atoms with van der Waals surface area (Å²) in [6.45, 7) is 6.25. The van der Waals surface area contributed by atoms with Crippen molar-refractivity contribution in [2.75, 3.05) is 30.7 Å². The van der Waals surface area contributed by atoms with Crippen LogP contribution in [0, 0.1) is 5.92 Å². The molecule has 0 saturated carbocycles. The molecule has 25 heavy (non-hydrogen) atoms. The lowest BCUT2D eigenvalue weighted by molar-refractivity contribution is -0.118. The molecule has 1 rings (SSSR count). The topological polar surface area (TPSA) is 90.3 Å². The van der Waals surface area contributed by atoms with Gasteiger partial charge in [-0.05, 0) is 6.07 Å². The number of rotatable bonds is 10. The van der Waals surface area contributed by atoms with Gasteiger partial charge in [0.1, 0.15) is 32.1 Å². The Morgan fingerprint density at radius 2 is 2.04 bits per heavy atom. The molecule has 0 unspecified atom stereocenters. The molecule has 0 aliphatic carbocycles. The van der Waals surface area contributed by atoms with Gasteiger partial charge < -0.3 is 14.6 Å². The van der Waals surface area contributed by atoms with Crippen molar-refractivity contribution in [1.82, 2.24) is 9.55 Å². The van der Waals surface area contributed by atoms with Crippen LogP contribution in [0.1, 0.15) is 27.7 Å². The number of halogens is 1. The predicted octanol–water partition coefficient (Wildman–Crippen LogP) is 2.55. The minimum Gasteiger partial charge on any atom is -0.366 e. The van der Waals surface area contributed by atoms with Crippen LogP contribution >= 0.6 is 7.14 Å². The number of nitrogens with zero attached hydrogens (tertiary/aromatic N) is 2. The number of alkyl halides is 1. The molecule has 0 spiro atoms. The van der Waals surface area contributed by atoms with Gasteiger partial charge in [-0.15, -0.1) is 0 Å². The summed E-state index contributed by atoms with van der Waals surface area (Å²) in [4.78, 5) is 27.4. The Balaban J connectivity index is 2.75. The zero-order valence-electron chi connectivity index (χ0n) is 15.2. The van der Waals surface area contributed by atoms with Gasteiger partial charge in [0.15, 0.2) is 0 Å². The van der Waals surface area contributed by atoms with Crippen LogP contribution in [0.5, 0.6) is 0 Å². The predicted molar refractivity (Wildman–Crippen MR) is 96.4 cm³/mol. The maximum absolute atomic E-state index is 13.2. The molecule has 1 N–H and O–H groups in total. The number of ether oxygens (including phenoxy) is 1. The first-order valence-corrected chi connectivity index (χ1v) is 10.6. The summed E-state index contributed by atoms with van der Waals surface area (Å²) in [7, 11) is -2.44. The molecule has 7 nitrogen and oxygen atoms in total. The van der Waals surface area contributed by atoms with Crippen LogP contribution in [0.2, 0.25) is 0 Å². The fraction of sp³-hybridized carbons (Fsp3) is 0.688. The maximum atomic E-state index is 13.2. The normalized spacial score (nSPS) is 13.0. The van der Waals surface area contributed by atoms with Crippen molar-refractivity contribution in [2.45, 2.75) is 40.3 Å². The smallest absolute Gasteiger partial charge is 0.349 e. The van der Waals surface area contributed by atoms with E-state index < -0.39 is 25.6 Å². The number of carbonyl (C=O) groups is 1. The Morgan fingerprint density at radius 1 is 1.40 bits per heavy atom. The number of aromatic nitrogens is 2. The molecular weight excluding hydrogens is 348 g/mol. The van der Waals surface area contributed by atoms with Crippen molar-refractivity contribution >= 4 is 18.9 Å². The monoisotopic (exact) mass is 375 g/mol. The third kappa shape index (κ3) is 6.71. The van der Waals surface area contributed by atoms with Crippen molar-refractivity contribution in [3.63, 3.8) is 0 Å². The highest BCUT2D eigenvalue weighted by molar-refractivity contribution is 7.63. The van der Waals surface area contributed by atoms with E-state index in [9.17, 15) is 18.5 Å². The van der Waals surface area contributed by atoms with Gasteiger partial charge in [0.2, 0.25) is 5.91 Å². The summed E-state index contributed by atoms with van der Waals surface area (Å²) in [6.07, 6.45) is 1.54. The van der Waals surface area contributed by atoms with E-state index in [1.807, 2.05) is 13.8 Å². The van der Waals surface area contributed by atoms with Gasteiger partial charge in [0, 0.05) is 24.4 Å². The van der Waals surface area contributed by atoms with Crippen molar-refractivity contribution in [1.29, 1.82) is 0 Å². The van der Waals surface area contributed by atoms with Gasteiger partial charge in [-0.2, -0.15) is 4.98 Å². The lowest BCUT2D eigenvalue weighted by Crippen LogP contribution is -2.32. The molecule has 1 heterocycles. The molecule has 9 heteroatoms. The number of anilines is 1. The van der Waals surface area contributed by atoms with Crippen LogP contribution < -0.4 is 11.0 Å². The summed E-state index contributed by atoms with van der Waals surface area (Å²) < 4.78 is 32.1. The Morgan fingerprint density at radius 3 is 2.52 bits per heavy atom. The third-order valence-corrected chi connectivity index (χ3v) is 6.85. The van der Waals surface area contributed by atoms with Gasteiger partial charge in [0.05, 0.1) is 6.54 Å². The quantitative estimate of drug-likeness (QED) is 0.635. The molecule has 0 saturated heterocycles. The number of hydrogen-bond donors (Lipinski definition) is 1. The lowest BCUT2D eigenvalue weighted by atomic mass is 10.2. The SMILES string of the molecule is CCP(=O)(CC)CO[C@@H](CF)Cn1ccc(NC(=O)C(C)C)nc1=O. The van der Waals surface area contributed by atoms with Crippen molar-refractivity contribution in [3.8, 4) is 0 Å². The first-order valence-electron chi connectivity index (χ1n) is 8.37. The van der Waals surface area contributed by atoms with E-state index in [4.69, 9.17) is 4.74 Å². The molecule has 1 amide bonds. The Hall–Kier alpha value is -1.53. The average molecular weight is 375 g/mol. The highest BCUT2D eigenvalue weighted by atomic mass is 31.2. The second-order valence-corrected chi connectivity index (χ2v) is 9.79. The number of hydrogen-bond acceptors (Lipinski definition) is 5. The standard InChI is InChI=1S/C16H27FN3O4P/c1-5-25(23,6-2)11-24-13(9-17)10-20-8-7-14(19-16(20)22)18-15(21)12(3)4/h7-8,12-13H,5-6,9-11H2,1-4H3,(H,18,19,21,22)/t13-/m0/s1. The van der Waals surface area contributed by atoms with Gasteiger partial charge in [-0.1, -0.05) is 27.7 Å². The molecule has 142 valence electrons. The Kier molecular flexibility index (Phi) is 8.45. The summed E-state index contributed by atoms with van der Waals surface area (Å²) in [5.41, 5.74) is -0.613. The van der Waals surface area contributed by atoms with Gasteiger partial charge >= 0.3 is 5.69 Å². The van der Waals surface area contributed by atoms with Crippen LogP contribution in [0.25, 0.3) is 0 Å².